The van der Waals surface area contributed by atoms with Gasteiger partial charge in [0.25, 0.3) is 0 Å². The third kappa shape index (κ3) is 16.5. The van der Waals surface area contributed by atoms with Gasteiger partial charge in [-0.05, 0) is 19.8 Å². The number of hydrogen-bond donors (Lipinski definition) is 0. The van der Waals surface area contributed by atoms with Crippen LogP contribution in [0, 0.1) is 0 Å². The Labute approximate surface area is 145 Å². The second-order valence-electron chi connectivity index (χ2n) is 6.67. The third-order valence-electron chi connectivity index (χ3n) is 4.35. The molecule has 0 amide bonds. The van der Waals surface area contributed by atoms with Gasteiger partial charge >= 0.3 is 0 Å². The Bertz CT molecular complexity index is 217. The lowest BCUT2D eigenvalue weighted by Gasteiger charge is -2.18. The quantitative estimate of drug-likeness (QED) is 0.299. The van der Waals surface area contributed by atoms with E-state index in [1.807, 2.05) is 0 Å². The highest BCUT2D eigenvalue weighted by atomic mass is 16.6. The van der Waals surface area contributed by atoms with Crippen LogP contribution >= 0.6 is 0 Å². The molecule has 3 heteroatoms. The average molecular weight is 331 g/mol. The molecule has 140 valence electrons. The van der Waals surface area contributed by atoms with Crippen LogP contribution in [0.5, 0.6) is 0 Å². The fourth-order valence-electron chi connectivity index (χ4n) is 2.61. The number of unbranched alkanes of at least 4 members (excludes halogenated alkanes) is 9. The van der Waals surface area contributed by atoms with Crippen molar-refractivity contribution in [2.75, 3.05) is 26.9 Å². The van der Waals surface area contributed by atoms with Gasteiger partial charge in [0.2, 0.25) is 0 Å². The highest BCUT2D eigenvalue weighted by Gasteiger charge is 2.08. The molecule has 0 radical (unpaired) electrons. The van der Waals surface area contributed by atoms with E-state index in [2.05, 4.69) is 20.8 Å². The molecule has 0 rings (SSSR count). The maximum absolute atomic E-state index is 5.74. The largest absolute Gasteiger partial charge is 0.379 e. The van der Waals surface area contributed by atoms with Gasteiger partial charge in [-0.2, -0.15) is 0 Å². The van der Waals surface area contributed by atoms with Crippen LogP contribution in [0.4, 0.5) is 0 Å². The van der Waals surface area contributed by atoms with E-state index in [0.717, 1.165) is 13.0 Å². The van der Waals surface area contributed by atoms with Gasteiger partial charge in [-0.1, -0.05) is 71.6 Å². The van der Waals surface area contributed by atoms with E-state index in [1.165, 1.54) is 64.2 Å². The molecular weight excluding hydrogens is 288 g/mol. The van der Waals surface area contributed by atoms with Gasteiger partial charge < -0.3 is 14.2 Å². The van der Waals surface area contributed by atoms with Crippen molar-refractivity contribution < 1.29 is 14.2 Å². The van der Waals surface area contributed by atoms with Gasteiger partial charge in [0.15, 0.2) is 0 Å². The molecule has 2 unspecified atom stereocenters. The molecule has 0 heterocycles. The Morgan fingerprint density at radius 1 is 0.739 bits per heavy atom. The Morgan fingerprint density at radius 3 is 1.83 bits per heavy atom. The Morgan fingerprint density at radius 2 is 1.30 bits per heavy atom. The summed E-state index contributed by atoms with van der Waals surface area (Å²) in [7, 11) is 1.74. The third-order valence-corrected chi connectivity index (χ3v) is 4.35. The molecule has 0 N–H and O–H groups in total. The average Bonchev–Trinajstić information content (AvgIpc) is 2.56. The summed E-state index contributed by atoms with van der Waals surface area (Å²) in [6.45, 7) is 8.68. The maximum Gasteiger partial charge on any atom is 0.0802 e. The van der Waals surface area contributed by atoms with Crippen molar-refractivity contribution in [1.82, 2.24) is 0 Å². The van der Waals surface area contributed by atoms with Gasteiger partial charge in [0.1, 0.15) is 0 Å². The predicted molar refractivity (Wildman–Crippen MR) is 99.2 cm³/mol. The second kappa shape index (κ2) is 18.2. The second-order valence-corrected chi connectivity index (χ2v) is 6.67. The van der Waals surface area contributed by atoms with Crippen LogP contribution in [-0.4, -0.2) is 39.1 Å². The molecule has 3 nitrogen and oxygen atoms in total. The molecule has 2 atom stereocenters. The van der Waals surface area contributed by atoms with Crippen molar-refractivity contribution in [3.8, 4) is 0 Å². The molecule has 0 spiro atoms. The summed E-state index contributed by atoms with van der Waals surface area (Å²) in [6, 6.07) is 0. The summed E-state index contributed by atoms with van der Waals surface area (Å²) < 4.78 is 16.7. The minimum atomic E-state index is 0.155. The van der Waals surface area contributed by atoms with Gasteiger partial charge in [0, 0.05) is 13.7 Å². The summed E-state index contributed by atoms with van der Waals surface area (Å²) in [5, 5.41) is 0. The maximum atomic E-state index is 5.74. The zero-order chi connectivity index (χ0) is 17.2. The highest BCUT2D eigenvalue weighted by Crippen LogP contribution is 2.10. The monoisotopic (exact) mass is 330 g/mol. The molecule has 0 aliphatic rings. The first-order valence-corrected chi connectivity index (χ1v) is 9.96. The first-order chi connectivity index (χ1) is 11.2. The molecule has 0 aliphatic carbocycles. The highest BCUT2D eigenvalue weighted by molar-refractivity contribution is 4.55. The standard InChI is InChI=1S/C20H42O3/c1-5-7-8-9-10-11-12-13-14-15-16-22-17-19(3)23-18-20(6-2)21-4/h19-20H,5-18H2,1-4H3. The van der Waals surface area contributed by atoms with Crippen LogP contribution in [0.3, 0.4) is 0 Å². The molecular formula is C20H42O3. The van der Waals surface area contributed by atoms with Crippen LogP contribution in [0.15, 0.2) is 0 Å². The summed E-state index contributed by atoms with van der Waals surface area (Å²) >= 11 is 0. The van der Waals surface area contributed by atoms with E-state index in [4.69, 9.17) is 14.2 Å². The minimum Gasteiger partial charge on any atom is -0.379 e. The van der Waals surface area contributed by atoms with Gasteiger partial charge in [-0.25, -0.2) is 0 Å². The first-order valence-electron chi connectivity index (χ1n) is 9.96. The van der Waals surface area contributed by atoms with Crippen LogP contribution < -0.4 is 0 Å². The number of ether oxygens (including phenoxy) is 3. The summed E-state index contributed by atoms with van der Waals surface area (Å²) in [5.41, 5.74) is 0. The van der Waals surface area contributed by atoms with Crippen LogP contribution in [0.2, 0.25) is 0 Å². The van der Waals surface area contributed by atoms with E-state index >= 15 is 0 Å². The van der Waals surface area contributed by atoms with Crippen molar-refractivity contribution in [3.63, 3.8) is 0 Å². The van der Waals surface area contributed by atoms with E-state index in [0.29, 0.717) is 13.2 Å². The zero-order valence-corrected chi connectivity index (χ0v) is 16.3. The fraction of sp³-hybridized carbons (Fsp3) is 1.00. The number of hydrogen-bond acceptors (Lipinski definition) is 3. The van der Waals surface area contributed by atoms with Crippen LogP contribution in [0.25, 0.3) is 0 Å². The van der Waals surface area contributed by atoms with Crippen LogP contribution in [0.1, 0.15) is 91.4 Å². The lowest BCUT2D eigenvalue weighted by atomic mass is 10.1. The van der Waals surface area contributed by atoms with Crippen molar-refractivity contribution >= 4 is 0 Å². The Balaban J connectivity index is 3.20. The Hall–Kier alpha value is -0.120. The summed E-state index contributed by atoms with van der Waals surface area (Å²) in [6.07, 6.45) is 15.0. The van der Waals surface area contributed by atoms with Gasteiger partial charge in [0.05, 0.1) is 25.4 Å². The molecule has 0 aromatic rings. The van der Waals surface area contributed by atoms with Crippen molar-refractivity contribution in [2.24, 2.45) is 0 Å². The van der Waals surface area contributed by atoms with E-state index in [1.54, 1.807) is 7.11 Å². The fourth-order valence-corrected chi connectivity index (χ4v) is 2.61. The number of rotatable bonds is 18. The minimum absolute atomic E-state index is 0.155. The summed E-state index contributed by atoms with van der Waals surface area (Å²) in [5.74, 6) is 0. The molecule has 0 bridgehead atoms. The van der Waals surface area contributed by atoms with Crippen molar-refractivity contribution in [3.05, 3.63) is 0 Å². The molecule has 0 fully saturated rings. The molecule has 0 aromatic carbocycles. The zero-order valence-electron chi connectivity index (χ0n) is 16.3. The predicted octanol–water partition coefficient (Wildman–Crippen LogP) is 5.75. The van der Waals surface area contributed by atoms with Crippen molar-refractivity contribution in [1.29, 1.82) is 0 Å². The van der Waals surface area contributed by atoms with Crippen molar-refractivity contribution in [2.45, 2.75) is 104 Å². The molecule has 0 saturated heterocycles. The Kier molecular flexibility index (Phi) is 18.1. The van der Waals surface area contributed by atoms with E-state index in [9.17, 15) is 0 Å². The van der Waals surface area contributed by atoms with Gasteiger partial charge in [-0.3, -0.25) is 0 Å². The molecule has 0 aliphatic heterocycles. The summed E-state index contributed by atoms with van der Waals surface area (Å²) in [4.78, 5) is 0. The topological polar surface area (TPSA) is 27.7 Å². The molecule has 0 aromatic heterocycles. The SMILES string of the molecule is CCCCCCCCCCCCOCC(C)OCC(CC)OC. The van der Waals surface area contributed by atoms with E-state index < -0.39 is 0 Å². The first kappa shape index (κ1) is 22.9. The van der Waals surface area contributed by atoms with Crippen LogP contribution in [-0.2, 0) is 14.2 Å². The van der Waals surface area contributed by atoms with Gasteiger partial charge in [-0.15, -0.1) is 0 Å². The lowest BCUT2D eigenvalue weighted by molar-refractivity contribution is -0.0523. The number of methoxy groups -OCH3 is 1. The lowest BCUT2D eigenvalue weighted by Crippen LogP contribution is -2.24. The van der Waals surface area contributed by atoms with E-state index in [-0.39, 0.29) is 12.2 Å². The molecule has 0 saturated carbocycles. The smallest absolute Gasteiger partial charge is 0.0802 e. The molecule has 23 heavy (non-hydrogen) atoms. The normalized spacial score (nSPS) is 14.1.